The van der Waals surface area contributed by atoms with E-state index in [0.29, 0.717) is 16.3 Å². The van der Waals surface area contributed by atoms with E-state index >= 15 is 0 Å². The molecular formula is C20H25ClN3O2+. The molecule has 5 nitrogen and oxygen atoms in total. The van der Waals surface area contributed by atoms with Crippen molar-refractivity contribution in [3.05, 3.63) is 53.1 Å². The zero-order valence-corrected chi connectivity index (χ0v) is 16.0. The molecular weight excluding hydrogens is 350 g/mol. The Morgan fingerprint density at radius 2 is 1.88 bits per heavy atom. The highest BCUT2D eigenvalue weighted by molar-refractivity contribution is 6.32. The molecule has 0 bridgehead atoms. The van der Waals surface area contributed by atoms with Crippen LogP contribution in [0.2, 0.25) is 5.02 Å². The number of benzene rings is 2. The van der Waals surface area contributed by atoms with E-state index in [1.807, 2.05) is 12.1 Å². The summed E-state index contributed by atoms with van der Waals surface area (Å²) >= 11 is 6.09. The van der Waals surface area contributed by atoms with E-state index in [1.54, 1.807) is 30.2 Å². The van der Waals surface area contributed by atoms with Gasteiger partial charge in [-0.05, 0) is 49.4 Å². The largest absolute Gasteiger partial charge is 0.495 e. The van der Waals surface area contributed by atoms with Gasteiger partial charge in [0.05, 0.1) is 44.9 Å². The molecule has 1 amide bonds. The topological polar surface area (TPSA) is 46.0 Å². The van der Waals surface area contributed by atoms with Crippen LogP contribution >= 0.6 is 11.6 Å². The third-order valence-electron chi connectivity index (χ3n) is 4.87. The van der Waals surface area contributed by atoms with Crippen LogP contribution in [-0.2, 0) is 0 Å². The number of halogens is 1. The summed E-state index contributed by atoms with van der Waals surface area (Å²) in [6.45, 7) is 7.91. The molecule has 138 valence electrons. The molecule has 0 aromatic heterocycles. The number of carbonyl (C=O) groups excluding carboxylic acids is 1. The number of likely N-dealkylation sites (N-methyl/N-ethyl adjacent to an activating group) is 1. The summed E-state index contributed by atoms with van der Waals surface area (Å²) in [6.07, 6.45) is 0. The number of amides is 1. The van der Waals surface area contributed by atoms with Crippen molar-refractivity contribution in [2.24, 2.45) is 0 Å². The average Bonchev–Trinajstić information content (AvgIpc) is 2.68. The zero-order valence-electron chi connectivity index (χ0n) is 15.2. The molecule has 3 rings (SSSR count). The van der Waals surface area contributed by atoms with Crippen molar-refractivity contribution in [1.29, 1.82) is 0 Å². The lowest BCUT2D eigenvalue weighted by atomic mass is 10.2. The van der Waals surface area contributed by atoms with Crippen LogP contribution in [-0.4, -0.2) is 45.7 Å². The Hall–Kier alpha value is -2.24. The first kappa shape index (κ1) is 18.5. The summed E-state index contributed by atoms with van der Waals surface area (Å²) in [7, 11) is 1.55. The Labute approximate surface area is 159 Å². The number of nitrogens with zero attached hydrogens (tertiary/aromatic N) is 1. The molecule has 1 saturated heterocycles. The van der Waals surface area contributed by atoms with Gasteiger partial charge in [0, 0.05) is 16.9 Å². The lowest BCUT2D eigenvalue weighted by Gasteiger charge is -2.33. The number of quaternary nitrogens is 1. The van der Waals surface area contributed by atoms with Gasteiger partial charge >= 0.3 is 0 Å². The number of methoxy groups -OCH3 is 1. The van der Waals surface area contributed by atoms with Gasteiger partial charge in [-0.3, -0.25) is 4.79 Å². The van der Waals surface area contributed by atoms with Crippen molar-refractivity contribution in [1.82, 2.24) is 0 Å². The second-order valence-corrected chi connectivity index (χ2v) is 6.85. The average molecular weight is 375 g/mol. The van der Waals surface area contributed by atoms with Gasteiger partial charge in [-0.15, -0.1) is 0 Å². The summed E-state index contributed by atoms with van der Waals surface area (Å²) in [6, 6.07) is 13.0. The van der Waals surface area contributed by atoms with E-state index in [-0.39, 0.29) is 5.91 Å². The lowest BCUT2D eigenvalue weighted by Crippen LogP contribution is -3.14. The molecule has 1 heterocycles. The van der Waals surface area contributed by atoms with Crippen molar-refractivity contribution in [2.45, 2.75) is 6.92 Å². The quantitative estimate of drug-likeness (QED) is 0.844. The molecule has 6 heteroatoms. The highest BCUT2D eigenvalue weighted by Gasteiger charge is 2.18. The normalized spacial score (nSPS) is 15.0. The van der Waals surface area contributed by atoms with E-state index in [1.165, 1.54) is 25.3 Å². The molecule has 2 aromatic rings. The van der Waals surface area contributed by atoms with Gasteiger partial charge in [0.25, 0.3) is 5.91 Å². The van der Waals surface area contributed by atoms with Crippen LogP contribution in [0, 0.1) is 0 Å². The van der Waals surface area contributed by atoms with Crippen molar-refractivity contribution in [3.8, 4) is 5.75 Å². The maximum Gasteiger partial charge on any atom is 0.255 e. The predicted octanol–water partition coefficient (Wildman–Crippen LogP) is 2.33. The maximum atomic E-state index is 12.4. The minimum atomic E-state index is -0.192. The number of ether oxygens (including phenoxy) is 1. The number of nitrogens with one attached hydrogen (secondary N) is 2. The fourth-order valence-corrected chi connectivity index (χ4v) is 3.46. The van der Waals surface area contributed by atoms with Crippen molar-refractivity contribution < 1.29 is 14.4 Å². The highest BCUT2D eigenvalue weighted by atomic mass is 35.5. The Morgan fingerprint density at radius 3 is 2.46 bits per heavy atom. The van der Waals surface area contributed by atoms with Crippen LogP contribution < -0.4 is 19.9 Å². The van der Waals surface area contributed by atoms with Crippen LogP contribution in [0.4, 0.5) is 11.4 Å². The summed E-state index contributed by atoms with van der Waals surface area (Å²) in [5, 5.41) is 3.33. The minimum absolute atomic E-state index is 0.192. The fraction of sp³-hybridized carbons (Fsp3) is 0.350. The van der Waals surface area contributed by atoms with Gasteiger partial charge in [0.1, 0.15) is 5.75 Å². The smallest absolute Gasteiger partial charge is 0.255 e. The van der Waals surface area contributed by atoms with E-state index in [2.05, 4.69) is 29.3 Å². The van der Waals surface area contributed by atoms with Crippen LogP contribution in [0.5, 0.6) is 5.75 Å². The third-order valence-corrected chi connectivity index (χ3v) is 5.17. The number of anilines is 2. The number of hydrogen-bond donors (Lipinski definition) is 2. The molecule has 0 radical (unpaired) electrons. The van der Waals surface area contributed by atoms with Crippen LogP contribution in [0.25, 0.3) is 0 Å². The molecule has 26 heavy (non-hydrogen) atoms. The van der Waals surface area contributed by atoms with Crippen LogP contribution in [0.15, 0.2) is 42.5 Å². The Kier molecular flexibility index (Phi) is 6.01. The minimum Gasteiger partial charge on any atom is -0.495 e. The molecule has 0 aliphatic carbocycles. The van der Waals surface area contributed by atoms with Crippen molar-refractivity contribution in [2.75, 3.05) is 50.1 Å². The van der Waals surface area contributed by atoms with Gasteiger partial charge in [0.15, 0.2) is 0 Å². The SMILES string of the molecule is CC[NH+]1CCN(c2ccc(NC(=O)c3ccc(OC)c(Cl)c3)cc2)CC1. The van der Waals surface area contributed by atoms with Gasteiger partial charge in [-0.25, -0.2) is 0 Å². The first-order valence-electron chi connectivity index (χ1n) is 8.94. The number of rotatable bonds is 5. The van der Waals surface area contributed by atoms with E-state index in [4.69, 9.17) is 16.3 Å². The van der Waals surface area contributed by atoms with Gasteiger partial charge in [0.2, 0.25) is 0 Å². The summed E-state index contributed by atoms with van der Waals surface area (Å²) in [5.74, 6) is 0.361. The number of hydrogen-bond acceptors (Lipinski definition) is 3. The van der Waals surface area contributed by atoms with Crippen molar-refractivity contribution >= 4 is 28.9 Å². The molecule has 1 aliphatic rings. The number of piperazine rings is 1. The summed E-state index contributed by atoms with van der Waals surface area (Å²) < 4.78 is 5.11. The van der Waals surface area contributed by atoms with Gasteiger partial charge in [-0.1, -0.05) is 11.6 Å². The van der Waals surface area contributed by atoms with E-state index in [9.17, 15) is 4.79 Å². The molecule has 0 saturated carbocycles. The number of carbonyl (C=O) groups is 1. The monoisotopic (exact) mass is 374 g/mol. The summed E-state index contributed by atoms with van der Waals surface area (Å²) in [4.78, 5) is 16.5. The zero-order chi connectivity index (χ0) is 18.5. The van der Waals surface area contributed by atoms with E-state index in [0.717, 1.165) is 18.8 Å². The standard InChI is InChI=1S/C20H24ClN3O2/c1-3-23-10-12-24(13-11-23)17-7-5-16(6-8-17)22-20(25)15-4-9-19(26-2)18(21)14-15/h4-9,14H,3,10-13H2,1-2H3,(H,22,25)/p+1. The molecule has 0 spiro atoms. The highest BCUT2D eigenvalue weighted by Crippen LogP contribution is 2.25. The fourth-order valence-electron chi connectivity index (χ4n) is 3.20. The lowest BCUT2D eigenvalue weighted by molar-refractivity contribution is -0.898. The maximum absolute atomic E-state index is 12.4. The molecule has 0 atom stereocenters. The second-order valence-electron chi connectivity index (χ2n) is 6.44. The predicted molar refractivity (Wildman–Crippen MR) is 106 cm³/mol. The Morgan fingerprint density at radius 1 is 1.19 bits per heavy atom. The molecule has 2 N–H and O–H groups in total. The van der Waals surface area contributed by atoms with Gasteiger partial charge < -0.3 is 19.9 Å². The molecule has 1 fully saturated rings. The third kappa shape index (κ3) is 4.29. The van der Waals surface area contributed by atoms with Crippen molar-refractivity contribution in [3.63, 3.8) is 0 Å². The van der Waals surface area contributed by atoms with E-state index < -0.39 is 0 Å². The van der Waals surface area contributed by atoms with Gasteiger partial charge in [-0.2, -0.15) is 0 Å². The Bertz CT molecular complexity index is 756. The molecule has 1 aliphatic heterocycles. The first-order valence-corrected chi connectivity index (χ1v) is 9.32. The van der Waals surface area contributed by atoms with Crippen LogP contribution in [0.3, 0.4) is 0 Å². The molecule has 2 aromatic carbocycles. The van der Waals surface area contributed by atoms with Crippen LogP contribution in [0.1, 0.15) is 17.3 Å². The second kappa shape index (κ2) is 8.43. The molecule has 0 unspecified atom stereocenters. The Balaban J connectivity index is 1.62. The summed E-state index contributed by atoms with van der Waals surface area (Å²) in [5.41, 5.74) is 2.47. The first-order chi connectivity index (χ1) is 12.6.